The van der Waals surface area contributed by atoms with E-state index >= 15 is 0 Å². The monoisotopic (exact) mass is 805 g/mol. The number of thioether (sulfide) groups is 1. The van der Waals surface area contributed by atoms with Gasteiger partial charge in [-0.1, -0.05) is 92.9 Å². The van der Waals surface area contributed by atoms with Crippen LogP contribution in [0.2, 0.25) is 0 Å². The van der Waals surface area contributed by atoms with Crippen LogP contribution in [0.25, 0.3) is 60.8 Å². The van der Waals surface area contributed by atoms with E-state index in [-0.39, 0.29) is 43.5 Å². The van der Waals surface area contributed by atoms with Crippen molar-refractivity contribution in [2.24, 2.45) is 11.8 Å². The van der Waals surface area contributed by atoms with Crippen LogP contribution in [0.3, 0.4) is 0 Å². The molecule has 6 aromatic rings. The second-order valence-corrected chi connectivity index (χ2v) is 12.4. The minimum Gasteiger partial charge on any atom is -0.512 e. The summed E-state index contributed by atoms with van der Waals surface area (Å²) in [5.41, 5.74) is 4.85. The molecule has 1 aliphatic heterocycles. The number of carbonyl (C=O) groups is 1. The van der Waals surface area contributed by atoms with E-state index in [9.17, 15) is 9.90 Å². The van der Waals surface area contributed by atoms with Gasteiger partial charge in [0.2, 0.25) is 0 Å². The molecule has 7 rings (SSSR count). The van der Waals surface area contributed by atoms with Gasteiger partial charge in [0.1, 0.15) is 5.58 Å². The third kappa shape index (κ3) is 6.31. The molecule has 0 fully saturated rings. The number of aliphatic hydroxyl groups excluding tert-OH is 1. The average Bonchev–Trinajstić information content (AvgIpc) is 3.45. The molecule has 0 bridgehead atoms. The van der Waals surface area contributed by atoms with Crippen molar-refractivity contribution in [2.75, 3.05) is 0 Å². The zero-order chi connectivity index (χ0) is 31.5. The zero-order valence-corrected chi connectivity index (χ0v) is 29.8. The summed E-state index contributed by atoms with van der Waals surface area (Å²) in [6, 6.07) is 26.6. The Hall–Kier alpha value is -3.70. The van der Waals surface area contributed by atoms with Crippen molar-refractivity contribution in [3.63, 3.8) is 0 Å². The first-order valence-corrected chi connectivity index (χ1v) is 16.8. The van der Waals surface area contributed by atoms with Crippen LogP contribution in [0, 0.1) is 17.9 Å². The second kappa shape index (κ2) is 14.8. The number of nitrogens with zero attached hydrogens (tertiary/aromatic N) is 1. The topological polar surface area (TPSA) is 63.3 Å². The van der Waals surface area contributed by atoms with E-state index < -0.39 is 0 Å². The van der Waals surface area contributed by atoms with Gasteiger partial charge in [0.15, 0.2) is 5.78 Å². The first kappa shape index (κ1) is 33.7. The molecular weight excluding hydrogens is 767 g/mol. The fourth-order valence-corrected chi connectivity index (χ4v) is 7.30. The summed E-state index contributed by atoms with van der Waals surface area (Å²) < 4.78 is 6.58. The predicted octanol–water partition coefficient (Wildman–Crippen LogP) is 11.7. The molecule has 1 aliphatic rings. The molecule has 1 N–H and O–H groups in total. The Kier molecular flexibility index (Phi) is 10.8. The van der Waals surface area contributed by atoms with Gasteiger partial charge in [-0.25, -0.2) is 0 Å². The van der Waals surface area contributed by atoms with Crippen molar-refractivity contribution in [2.45, 2.75) is 58.3 Å². The van der Waals surface area contributed by atoms with Gasteiger partial charge in [0.05, 0.1) is 16.2 Å². The van der Waals surface area contributed by atoms with E-state index in [0.29, 0.717) is 0 Å². The van der Waals surface area contributed by atoms with Gasteiger partial charge in [-0.2, -0.15) is 0 Å². The third-order valence-corrected chi connectivity index (χ3v) is 9.87. The van der Waals surface area contributed by atoms with Crippen molar-refractivity contribution in [1.82, 2.24) is 4.98 Å². The van der Waals surface area contributed by atoms with E-state index in [0.717, 1.165) is 69.7 Å². The number of fused-ring (bicyclic) bond motifs is 5. The second-order valence-electron chi connectivity index (χ2n) is 11.5. The Labute approximate surface area is 288 Å². The number of rotatable bonds is 8. The SMILES string of the molecule is CCC(CC)C(=O)/C=C(\O)C(CC)CC.[Ir].[c-]1ccc2c(oc3c4c5c(cccc5cc32)C=CS4)c1-c1nccc2ccccc12. The predicted molar refractivity (Wildman–Crippen MR) is 190 cm³/mol. The van der Waals surface area contributed by atoms with Crippen molar-refractivity contribution in [1.29, 1.82) is 0 Å². The first-order chi connectivity index (χ1) is 22.0. The molecule has 0 spiro atoms. The summed E-state index contributed by atoms with van der Waals surface area (Å²) in [4.78, 5) is 17.6. The fraction of sp³-hybridized carbons (Fsp3) is 0.250. The number of aromatic nitrogens is 1. The van der Waals surface area contributed by atoms with E-state index in [2.05, 4.69) is 66.1 Å². The Bertz CT molecular complexity index is 2080. The van der Waals surface area contributed by atoms with Gasteiger partial charge in [-0.05, 0) is 76.7 Å². The summed E-state index contributed by atoms with van der Waals surface area (Å²) in [6.45, 7) is 8.07. The van der Waals surface area contributed by atoms with Crippen molar-refractivity contribution >= 4 is 67.1 Å². The van der Waals surface area contributed by atoms with Gasteiger partial charge in [-0.15, -0.1) is 18.2 Å². The Morgan fingerprint density at radius 1 is 0.891 bits per heavy atom. The molecule has 4 nitrogen and oxygen atoms in total. The van der Waals surface area contributed by atoms with Crippen molar-refractivity contribution in [3.8, 4) is 11.3 Å². The number of hydrogen-bond acceptors (Lipinski definition) is 5. The van der Waals surface area contributed by atoms with Crippen molar-refractivity contribution < 1.29 is 34.4 Å². The molecule has 0 saturated carbocycles. The molecule has 3 heterocycles. The van der Waals surface area contributed by atoms with E-state index in [1.807, 2.05) is 52.1 Å². The zero-order valence-electron chi connectivity index (χ0n) is 26.6. The van der Waals surface area contributed by atoms with Gasteiger partial charge >= 0.3 is 0 Å². The van der Waals surface area contributed by atoms with Crippen molar-refractivity contribution in [3.05, 3.63) is 102 Å². The number of aliphatic hydroxyl groups is 1. The first-order valence-electron chi connectivity index (χ1n) is 15.9. The van der Waals surface area contributed by atoms with E-state index in [1.165, 1.54) is 27.3 Å². The van der Waals surface area contributed by atoms with Crippen LogP contribution in [0.1, 0.15) is 58.9 Å². The maximum absolute atomic E-state index is 11.7. The number of allylic oxidation sites excluding steroid dienone is 2. The van der Waals surface area contributed by atoms with E-state index in [4.69, 9.17) is 9.40 Å². The molecule has 0 atom stereocenters. The minimum absolute atomic E-state index is 0. The molecule has 46 heavy (non-hydrogen) atoms. The quantitative estimate of drug-likeness (QED) is 0.0943. The van der Waals surface area contributed by atoms with Gasteiger partial charge in [-0.3, -0.25) is 4.79 Å². The summed E-state index contributed by atoms with van der Waals surface area (Å²) in [7, 11) is 0. The number of ketones is 1. The van der Waals surface area contributed by atoms with Crippen LogP contribution in [0.5, 0.6) is 0 Å². The molecule has 237 valence electrons. The van der Waals surface area contributed by atoms with Crippen LogP contribution in [-0.4, -0.2) is 15.9 Å². The molecule has 2 aromatic heterocycles. The van der Waals surface area contributed by atoms with Crippen LogP contribution in [0.15, 0.2) is 99.5 Å². The maximum atomic E-state index is 11.7. The average molecular weight is 805 g/mol. The van der Waals surface area contributed by atoms with Crippen LogP contribution >= 0.6 is 11.8 Å². The molecule has 0 saturated heterocycles. The van der Waals surface area contributed by atoms with Crippen LogP contribution in [0.4, 0.5) is 0 Å². The number of furan rings is 1. The third-order valence-electron chi connectivity index (χ3n) is 8.98. The number of carbonyl (C=O) groups excluding carboxylic acids is 1. The van der Waals surface area contributed by atoms with Gasteiger partial charge in [0.25, 0.3) is 0 Å². The van der Waals surface area contributed by atoms with Crippen LogP contribution < -0.4 is 0 Å². The molecular formula is C40H38IrNO3S-. The van der Waals surface area contributed by atoms with Crippen LogP contribution in [-0.2, 0) is 24.9 Å². The summed E-state index contributed by atoms with van der Waals surface area (Å²) in [6.07, 6.45) is 8.94. The molecule has 0 aliphatic carbocycles. The molecule has 0 unspecified atom stereocenters. The fourth-order valence-electron chi connectivity index (χ4n) is 6.33. The number of pyridine rings is 1. The summed E-state index contributed by atoms with van der Waals surface area (Å²) in [5.74, 6) is 0.547. The Morgan fingerprint density at radius 3 is 2.39 bits per heavy atom. The number of benzene rings is 4. The van der Waals surface area contributed by atoms with E-state index in [1.54, 1.807) is 11.8 Å². The smallest absolute Gasteiger partial charge is 0.162 e. The molecule has 4 aromatic carbocycles. The standard InChI is InChI=1S/C27H14NOS.C13H24O2.Ir/c1-2-8-19-16(5-1)11-13-28-24(19)21-10-4-9-20-22-15-18-7-3-6-17-12-14-30-27(23(17)18)26(22)29-25(20)21;1-5-10(6-2)12(14)9-13(15)11(7-3)8-4;/h1-9,11-15H;9-11,14H,5-8H2,1-4H3;/q-1;;/b;12-9-;. The Balaban J connectivity index is 0.000000225. The normalized spacial score (nSPS) is 12.6. The molecule has 1 radical (unpaired) electrons. The minimum atomic E-state index is 0. The van der Waals surface area contributed by atoms with Gasteiger partial charge in [0, 0.05) is 55.0 Å². The number of hydrogen-bond donors (Lipinski definition) is 1. The largest absolute Gasteiger partial charge is 0.512 e. The van der Waals surface area contributed by atoms with Gasteiger partial charge < -0.3 is 14.5 Å². The molecule has 0 amide bonds. The Morgan fingerprint density at radius 2 is 1.63 bits per heavy atom. The maximum Gasteiger partial charge on any atom is 0.162 e. The summed E-state index contributed by atoms with van der Waals surface area (Å²) >= 11 is 1.73. The molecule has 6 heteroatoms. The summed E-state index contributed by atoms with van der Waals surface area (Å²) in [5, 5.41) is 18.9.